The maximum atomic E-state index is 8.92. The van der Waals surface area contributed by atoms with E-state index >= 15 is 0 Å². The summed E-state index contributed by atoms with van der Waals surface area (Å²) in [4.78, 5) is 0. The van der Waals surface area contributed by atoms with Crippen molar-refractivity contribution in [2.45, 2.75) is 27.2 Å². The zero-order chi connectivity index (χ0) is 11.3. The molecular formula is C13H17NO. The van der Waals surface area contributed by atoms with Crippen molar-refractivity contribution in [2.24, 2.45) is 5.16 Å². The summed E-state index contributed by atoms with van der Waals surface area (Å²) in [5.41, 5.74) is 4.11. The Morgan fingerprint density at radius 2 is 1.87 bits per heavy atom. The average Bonchev–Trinajstić information content (AvgIpc) is 2.21. The highest BCUT2D eigenvalue weighted by Gasteiger charge is 2.01. The molecule has 0 aliphatic heterocycles. The van der Waals surface area contributed by atoms with E-state index in [1.54, 1.807) is 0 Å². The molecule has 0 bridgehead atoms. The number of allylic oxidation sites excluding steroid dienone is 2. The molecule has 0 saturated carbocycles. The van der Waals surface area contributed by atoms with E-state index in [1.165, 1.54) is 11.1 Å². The van der Waals surface area contributed by atoms with Crippen LogP contribution < -0.4 is 0 Å². The highest BCUT2D eigenvalue weighted by atomic mass is 16.4. The second-order valence-corrected chi connectivity index (χ2v) is 3.90. The van der Waals surface area contributed by atoms with Gasteiger partial charge in [0.1, 0.15) is 0 Å². The Labute approximate surface area is 90.9 Å². The van der Waals surface area contributed by atoms with Crippen LogP contribution in [0.25, 0.3) is 0 Å². The van der Waals surface area contributed by atoms with E-state index in [-0.39, 0.29) is 0 Å². The summed E-state index contributed by atoms with van der Waals surface area (Å²) in [6.07, 6.45) is 2.72. The molecule has 1 aromatic rings. The van der Waals surface area contributed by atoms with Crippen LogP contribution in [-0.2, 0) is 0 Å². The van der Waals surface area contributed by atoms with Gasteiger partial charge < -0.3 is 5.21 Å². The summed E-state index contributed by atoms with van der Waals surface area (Å²) in [6, 6.07) is 7.98. The van der Waals surface area contributed by atoms with E-state index in [0.29, 0.717) is 12.1 Å². The molecule has 2 heteroatoms. The van der Waals surface area contributed by atoms with E-state index < -0.39 is 0 Å². The van der Waals surface area contributed by atoms with E-state index in [2.05, 4.69) is 11.2 Å². The summed E-state index contributed by atoms with van der Waals surface area (Å²) >= 11 is 0. The lowest BCUT2D eigenvalue weighted by Crippen LogP contribution is -1.99. The lowest BCUT2D eigenvalue weighted by atomic mass is 10.0. The van der Waals surface area contributed by atoms with E-state index in [4.69, 9.17) is 5.21 Å². The highest BCUT2D eigenvalue weighted by molar-refractivity contribution is 6.01. The number of nitrogens with zero attached hydrogens (tertiary/aromatic N) is 1. The molecule has 0 unspecified atom stereocenters. The molecular weight excluding hydrogens is 186 g/mol. The van der Waals surface area contributed by atoms with Gasteiger partial charge in [-0.25, -0.2) is 0 Å². The van der Waals surface area contributed by atoms with Crippen LogP contribution in [0.5, 0.6) is 0 Å². The first-order valence-electron chi connectivity index (χ1n) is 5.05. The van der Waals surface area contributed by atoms with Gasteiger partial charge in [-0.3, -0.25) is 0 Å². The molecule has 0 radical (unpaired) electrons. The van der Waals surface area contributed by atoms with Crippen LogP contribution in [0.4, 0.5) is 0 Å². The van der Waals surface area contributed by atoms with E-state index in [1.807, 2.05) is 45.0 Å². The quantitative estimate of drug-likeness (QED) is 0.346. The van der Waals surface area contributed by atoms with E-state index in [9.17, 15) is 0 Å². The zero-order valence-corrected chi connectivity index (χ0v) is 9.49. The fraction of sp³-hybridized carbons (Fsp3) is 0.308. The summed E-state index contributed by atoms with van der Waals surface area (Å²) in [6.45, 7) is 6.10. The Hall–Kier alpha value is -1.57. The third kappa shape index (κ3) is 3.58. The maximum absolute atomic E-state index is 8.92. The smallest absolute Gasteiger partial charge is 0.0905 e. The van der Waals surface area contributed by atoms with Crippen molar-refractivity contribution < 1.29 is 5.21 Å². The largest absolute Gasteiger partial charge is 0.411 e. The van der Waals surface area contributed by atoms with Gasteiger partial charge in [0.05, 0.1) is 5.71 Å². The molecule has 1 rings (SSSR count). The summed E-state index contributed by atoms with van der Waals surface area (Å²) in [7, 11) is 0. The Kier molecular flexibility index (Phi) is 4.10. The molecule has 0 spiro atoms. The molecule has 15 heavy (non-hydrogen) atoms. The number of oxime groups is 1. The van der Waals surface area contributed by atoms with Crippen LogP contribution in [0.2, 0.25) is 0 Å². The van der Waals surface area contributed by atoms with Gasteiger partial charge >= 0.3 is 0 Å². The fourth-order valence-electron chi connectivity index (χ4n) is 1.26. The maximum Gasteiger partial charge on any atom is 0.0905 e. The Morgan fingerprint density at radius 3 is 2.33 bits per heavy atom. The normalized spacial score (nSPS) is 11.3. The third-order valence-electron chi connectivity index (χ3n) is 2.21. The predicted molar refractivity (Wildman–Crippen MR) is 63.6 cm³/mol. The first-order chi connectivity index (χ1) is 7.13. The van der Waals surface area contributed by atoms with Crippen LogP contribution >= 0.6 is 0 Å². The molecule has 0 aromatic heterocycles. The van der Waals surface area contributed by atoms with Gasteiger partial charge in [0, 0.05) is 6.42 Å². The molecule has 80 valence electrons. The van der Waals surface area contributed by atoms with Crippen LogP contribution in [0.15, 0.2) is 41.1 Å². The van der Waals surface area contributed by atoms with Gasteiger partial charge in [0.25, 0.3) is 0 Å². The second kappa shape index (κ2) is 5.35. The average molecular weight is 203 g/mol. The van der Waals surface area contributed by atoms with Crippen molar-refractivity contribution in [3.8, 4) is 0 Å². The minimum atomic E-state index is 0.669. The molecule has 2 nitrogen and oxygen atoms in total. The standard InChI is InChI=1S/C13H17NO/c1-10(2)4-9-13(14-15)12-7-5-11(3)6-8-12/h4-8,15H,9H2,1-3H3/b14-13-. The van der Waals surface area contributed by atoms with Crippen LogP contribution in [0.1, 0.15) is 31.4 Å². The van der Waals surface area contributed by atoms with Crippen molar-refractivity contribution in [1.82, 2.24) is 0 Å². The van der Waals surface area contributed by atoms with Gasteiger partial charge in [-0.05, 0) is 26.3 Å². The molecule has 0 aliphatic carbocycles. The SMILES string of the molecule is CC(C)=CC/C(=N/O)c1ccc(C)cc1. The fourth-order valence-corrected chi connectivity index (χ4v) is 1.26. The zero-order valence-electron chi connectivity index (χ0n) is 9.49. The van der Waals surface area contributed by atoms with Crippen LogP contribution in [-0.4, -0.2) is 10.9 Å². The summed E-state index contributed by atoms with van der Waals surface area (Å²) < 4.78 is 0. The van der Waals surface area contributed by atoms with Crippen LogP contribution in [0.3, 0.4) is 0 Å². The molecule has 0 heterocycles. The van der Waals surface area contributed by atoms with Crippen molar-refractivity contribution in [3.63, 3.8) is 0 Å². The lowest BCUT2D eigenvalue weighted by molar-refractivity contribution is 0.318. The summed E-state index contributed by atoms with van der Waals surface area (Å²) in [5, 5.41) is 12.3. The number of aryl methyl sites for hydroxylation is 1. The molecule has 1 aromatic carbocycles. The number of rotatable bonds is 3. The Bertz CT molecular complexity index is 370. The van der Waals surface area contributed by atoms with Crippen molar-refractivity contribution in [2.75, 3.05) is 0 Å². The van der Waals surface area contributed by atoms with Gasteiger partial charge in [0.15, 0.2) is 0 Å². The summed E-state index contributed by atoms with van der Waals surface area (Å²) in [5.74, 6) is 0. The van der Waals surface area contributed by atoms with Gasteiger partial charge in [-0.2, -0.15) is 0 Å². The third-order valence-corrected chi connectivity index (χ3v) is 2.21. The highest BCUT2D eigenvalue weighted by Crippen LogP contribution is 2.08. The Balaban J connectivity index is 2.85. The van der Waals surface area contributed by atoms with Crippen molar-refractivity contribution in [3.05, 3.63) is 47.0 Å². The molecule has 0 atom stereocenters. The lowest BCUT2D eigenvalue weighted by Gasteiger charge is -2.02. The Morgan fingerprint density at radius 1 is 1.27 bits per heavy atom. The van der Waals surface area contributed by atoms with E-state index in [0.717, 1.165) is 5.56 Å². The predicted octanol–water partition coefficient (Wildman–Crippen LogP) is 3.53. The van der Waals surface area contributed by atoms with Crippen molar-refractivity contribution >= 4 is 5.71 Å². The molecule has 0 fully saturated rings. The topological polar surface area (TPSA) is 32.6 Å². The van der Waals surface area contributed by atoms with Crippen LogP contribution in [0, 0.1) is 6.92 Å². The first kappa shape index (κ1) is 11.5. The van der Waals surface area contributed by atoms with Gasteiger partial charge in [0.2, 0.25) is 0 Å². The molecule has 0 saturated heterocycles. The molecule has 0 amide bonds. The molecule has 1 N–H and O–H groups in total. The van der Waals surface area contributed by atoms with Gasteiger partial charge in [-0.1, -0.05) is 46.6 Å². The number of hydrogen-bond donors (Lipinski definition) is 1. The van der Waals surface area contributed by atoms with Crippen molar-refractivity contribution in [1.29, 1.82) is 0 Å². The second-order valence-electron chi connectivity index (χ2n) is 3.90. The minimum Gasteiger partial charge on any atom is -0.411 e. The monoisotopic (exact) mass is 203 g/mol. The number of benzene rings is 1. The van der Waals surface area contributed by atoms with Gasteiger partial charge in [-0.15, -0.1) is 0 Å². The minimum absolute atomic E-state index is 0.669. The first-order valence-corrected chi connectivity index (χ1v) is 5.05. The molecule has 0 aliphatic rings. The number of hydrogen-bond acceptors (Lipinski definition) is 2.